The van der Waals surface area contributed by atoms with Gasteiger partial charge in [0.1, 0.15) is 35.8 Å². The van der Waals surface area contributed by atoms with E-state index in [1.807, 2.05) is 133 Å². The number of hydrogen-bond donors (Lipinski definition) is 3. The molecule has 3 aliphatic heterocycles. The number of fused-ring (bicyclic) bond motifs is 3. The van der Waals surface area contributed by atoms with E-state index in [1.54, 1.807) is 49.4 Å². The molecule has 2 saturated heterocycles. The van der Waals surface area contributed by atoms with E-state index in [-0.39, 0.29) is 24.5 Å². The number of amides is 3. The zero-order valence-corrected chi connectivity index (χ0v) is 37.1. The summed E-state index contributed by atoms with van der Waals surface area (Å²) in [6.07, 6.45) is -0.932. The second kappa shape index (κ2) is 19.1. The van der Waals surface area contributed by atoms with Gasteiger partial charge in [0.05, 0.1) is 37.0 Å². The Bertz CT molecular complexity index is 2820. The number of carboxylic acids is 1. The Hall–Kier alpha value is -7.56. The topological polar surface area (TPSA) is 149 Å². The first-order valence-corrected chi connectivity index (χ1v) is 22.3. The minimum absolute atomic E-state index is 0.0336. The Balaban J connectivity index is 1.26. The van der Waals surface area contributed by atoms with Gasteiger partial charge in [0, 0.05) is 12.1 Å². The zero-order valence-electron chi connectivity index (χ0n) is 37.1. The predicted molar refractivity (Wildman–Crippen MR) is 252 cm³/mol. The Morgan fingerprint density at radius 2 is 1.43 bits per heavy atom. The van der Waals surface area contributed by atoms with Crippen molar-refractivity contribution in [3.63, 3.8) is 0 Å². The quantitative estimate of drug-likeness (QED) is 0.0823. The number of ether oxygens (including phenoxy) is 2. The zero-order chi connectivity index (χ0) is 46.7. The van der Waals surface area contributed by atoms with E-state index >= 15 is 4.79 Å². The van der Waals surface area contributed by atoms with E-state index in [2.05, 4.69) is 22.1 Å². The highest BCUT2D eigenvalue weighted by atomic mass is 16.6. The maximum absolute atomic E-state index is 16.2. The molecule has 0 unspecified atom stereocenters. The lowest BCUT2D eigenvalue weighted by Crippen LogP contribution is -2.54. The molecule has 0 saturated carbocycles. The molecule has 0 aliphatic carbocycles. The number of carboxylic acid groups (broad SMARTS) is 1. The summed E-state index contributed by atoms with van der Waals surface area (Å²) in [5, 5.41) is 24.3. The number of aliphatic hydroxyl groups excluding tert-OH is 1. The lowest BCUT2D eigenvalue weighted by atomic mass is 9.65. The van der Waals surface area contributed by atoms with Crippen LogP contribution in [-0.2, 0) is 31.1 Å². The van der Waals surface area contributed by atoms with Crippen LogP contribution in [0, 0.1) is 17.8 Å². The number of urea groups is 1. The first-order chi connectivity index (χ1) is 32.6. The molecule has 6 aromatic rings. The number of benzene rings is 6. The molecule has 3 amide bonds. The number of carbonyl (C=O) groups is 4. The number of nitrogens with one attached hydrogen (secondary N) is 1. The van der Waals surface area contributed by atoms with Crippen LogP contribution in [0.3, 0.4) is 0 Å². The van der Waals surface area contributed by atoms with E-state index < -0.39 is 65.5 Å². The Labute approximate surface area is 389 Å². The third-order valence-electron chi connectivity index (χ3n) is 13.0. The number of rotatable bonds is 12. The van der Waals surface area contributed by atoms with Crippen molar-refractivity contribution in [3.05, 3.63) is 203 Å². The number of cyclic esters (lactones) is 1. The maximum Gasteiger partial charge on any atom is 0.329 e. The van der Waals surface area contributed by atoms with Gasteiger partial charge in [-0.05, 0) is 77.7 Å². The lowest BCUT2D eigenvalue weighted by Gasteiger charge is -2.46. The summed E-state index contributed by atoms with van der Waals surface area (Å²) in [4.78, 5) is 65.4. The van der Waals surface area contributed by atoms with Crippen LogP contribution in [0.4, 0.5) is 10.5 Å². The minimum atomic E-state index is -2.12. The third-order valence-corrected chi connectivity index (χ3v) is 13.0. The second-order valence-corrected chi connectivity index (χ2v) is 17.2. The largest absolute Gasteiger partial charge is 0.491 e. The third kappa shape index (κ3) is 8.34. The number of nitrogens with zero attached hydrogens (tertiary/aromatic N) is 3. The number of esters is 1. The van der Waals surface area contributed by atoms with Gasteiger partial charge in [-0.2, -0.15) is 0 Å². The van der Waals surface area contributed by atoms with Gasteiger partial charge < -0.3 is 25.0 Å². The van der Waals surface area contributed by atoms with E-state index in [4.69, 9.17) is 9.47 Å². The van der Waals surface area contributed by atoms with Gasteiger partial charge in [-0.3, -0.25) is 24.2 Å². The average Bonchev–Trinajstić information content (AvgIpc) is 3.81. The molecule has 12 heteroatoms. The van der Waals surface area contributed by atoms with Gasteiger partial charge in [-0.25, -0.2) is 9.69 Å². The first kappa shape index (κ1) is 44.6. The van der Waals surface area contributed by atoms with Crippen LogP contribution in [0.1, 0.15) is 70.1 Å². The van der Waals surface area contributed by atoms with Crippen LogP contribution in [0.2, 0.25) is 0 Å². The van der Waals surface area contributed by atoms with E-state index in [0.29, 0.717) is 35.5 Å². The lowest BCUT2D eigenvalue weighted by molar-refractivity contribution is -0.179. The molecule has 0 radical (unpaired) electrons. The molecule has 338 valence electrons. The predicted octanol–water partition coefficient (Wildman–Crippen LogP) is 7.76. The van der Waals surface area contributed by atoms with Crippen LogP contribution >= 0.6 is 0 Å². The standard InChI is InChI=1S/C55H50N4O8/c1-36(39-19-9-4-10-20-39)56-54(65)58-45-30-25-37(18-15-31-57(2)35-38-16-7-3-8-17-38)34-44(45)55(53(58)64)46(51(61)62)48-52(63)67-49(41-23-13-6-14-24-41)47(40-21-11-5-12-22-40)59(48)50(55)42-26-28-43(29-27-42)66-33-32-60/h3-14,16-17,19-30,34,36,46-50,60H,31-33,35H2,1-2H3,(H,56,65)(H,61,62)/t36-,46+,47+,48+,49-,50-,55+/m1/s1. The maximum atomic E-state index is 16.2. The first-order valence-electron chi connectivity index (χ1n) is 22.3. The number of carbonyl (C=O) groups excluding carboxylic acids is 3. The van der Waals surface area contributed by atoms with Crippen molar-refractivity contribution in [2.24, 2.45) is 5.92 Å². The van der Waals surface area contributed by atoms with Crippen LogP contribution in [0.5, 0.6) is 5.75 Å². The van der Waals surface area contributed by atoms with Gasteiger partial charge in [-0.15, -0.1) is 0 Å². The summed E-state index contributed by atoms with van der Waals surface area (Å²) in [6, 6.07) is 45.1. The molecule has 12 nitrogen and oxygen atoms in total. The molecular weight excluding hydrogens is 845 g/mol. The van der Waals surface area contributed by atoms with Gasteiger partial charge >= 0.3 is 18.0 Å². The summed E-state index contributed by atoms with van der Waals surface area (Å²) in [5.41, 5.74) is 2.60. The molecule has 0 bridgehead atoms. The van der Waals surface area contributed by atoms with Crippen LogP contribution in [-0.4, -0.2) is 76.7 Å². The summed E-state index contributed by atoms with van der Waals surface area (Å²) >= 11 is 0. The molecule has 0 aromatic heterocycles. The number of aliphatic hydroxyl groups is 1. The number of morpholine rings is 1. The molecule has 7 atom stereocenters. The van der Waals surface area contributed by atoms with Crippen LogP contribution in [0.15, 0.2) is 164 Å². The average molecular weight is 895 g/mol. The molecule has 6 aromatic carbocycles. The van der Waals surface area contributed by atoms with Crippen molar-refractivity contribution in [2.75, 3.05) is 31.7 Å². The van der Waals surface area contributed by atoms with Crippen LogP contribution < -0.4 is 15.0 Å². The van der Waals surface area contributed by atoms with E-state index in [9.17, 15) is 24.6 Å². The molecule has 9 rings (SSSR count). The number of hydrogen-bond acceptors (Lipinski definition) is 9. The normalized spacial score (nSPS) is 22.3. The molecule has 3 heterocycles. The van der Waals surface area contributed by atoms with E-state index in [0.717, 1.165) is 21.6 Å². The van der Waals surface area contributed by atoms with Gasteiger partial charge in [0.15, 0.2) is 0 Å². The number of imide groups is 1. The monoisotopic (exact) mass is 894 g/mol. The molecule has 1 spiro atoms. The molecule has 67 heavy (non-hydrogen) atoms. The second-order valence-electron chi connectivity index (χ2n) is 17.2. The summed E-state index contributed by atoms with van der Waals surface area (Å²) in [7, 11) is 1.97. The highest BCUT2D eigenvalue weighted by Gasteiger charge is 2.76. The van der Waals surface area contributed by atoms with Crippen molar-refractivity contribution in [1.29, 1.82) is 0 Å². The SMILES string of the molecule is C[C@@H](NC(=O)N1C(=O)[C@@]2(c3cc(C#CCN(C)Cc4ccccc4)ccc31)[C@H](C(=O)O)[C@H]1C(=O)O[C@H](c3ccccc3)[C@H](c3ccccc3)N1[C@@H]2c1ccc(OCCO)cc1)c1ccccc1. The van der Waals surface area contributed by atoms with Gasteiger partial charge in [0.2, 0.25) is 5.91 Å². The fourth-order valence-electron chi connectivity index (χ4n) is 10.2. The molecule has 3 aliphatic rings. The Morgan fingerprint density at radius 3 is 2.07 bits per heavy atom. The van der Waals surface area contributed by atoms with Crippen molar-refractivity contribution >= 4 is 29.6 Å². The van der Waals surface area contributed by atoms with Crippen molar-refractivity contribution < 1.29 is 38.9 Å². The molecule has 2 fully saturated rings. The highest BCUT2D eigenvalue weighted by molar-refractivity contribution is 6.24. The van der Waals surface area contributed by atoms with Crippen LogP contribution in [0.25, 0.3) is 0 Å². The number of anilines is 1. The molecular formula is C55H50N4O8. The number of aliphatic carboxylic acids is 1. The fourth-order valence-corrected chi connectivity index (χ4v) is 10.2. The van der Waals surface area contributed by atoms with Gasteiger partial charge in [0.25, 0.3) is 0 Å². The highest BCUT2D eigenvalue weighted by Crippen LogP contribution is 2.66. The summed E-state index contributed by atoms with van der Waals surface area (Å²) in [6.45, 7) is 2.68. The van der Waals surface area contributed by atoms with Crippen molar-refractivity contribution in [3.8, 4) is 17.6 Å². The Kier molecular flexibility index (Phi) is 12.7. The smallest absolute Gasteiger partial charge is 0.329 e. The van der Waals surface area contributed by atoms with Gasteiger partial charge in [-0.1, -0.05) is 145 Å². The fraction of sp³-hybridized carbons (Fsp3) is 0.236. The Morgan fingerprint density at radius 1 is 0.806 bits per heavy atom. The van der Waals surface area contributed by atoms with E-state index in [1.165, 1.54) is 0 Å². The minimum Gasteiger partial charge on any atom is -0.491 e. The summed E-state index contributed by atoms with van der Waals surface area (Å²) in [5.74, 6) is 2.14. The van der Waals surface area contributed by atoms with Crippen molar-refractivity contribution in [1.82, 2.24) is 15.1 Å². The van der Waals surface area contributed by atoms with Crippen molar-refractivity contribution in [2.45, 2.75) is 49.2 Å². The molecule has 3 N–H and O–H groups in total. The summed E-state index contributed by atoms with van der Waals surface area (Å²) < 4.78 is 12.2.